The van der Waals surface area contributed by atoms with Crippen LogP contribution in [0.3, 0.4) is 0 Å². The van der Waals surface area contributed by atoms with Gasteiger partial charge in [-0.2, -0.15) is 0 Å². The van der Waals surface area contributed by atoms with E-state index < -0.39 is 66.5 Å². The molecule has 0 aliphatic heterocycles. The lowest BCUT2D eigenvalue weighted by Gasteiger charge is -2.18. The van der Waals surface area contributed by atoms with Crippen molar-refractivity contribution < 1.29 is 23.6 Å². The second-order valence-electron chi connectivity index (χ2n) is 10.2. The number of hydrogen-bond acceptors (Lipinski definition) is 1. The van der Waals surface area contributed by atoms with Crippen LogP contribution in [0.4, 0.5) is 0 Å². The molecule has 0 fully saturated rings. The summed E-state index contributed by atoms with van der Waals surface area (Å²) in [5.74, 6) is 0. The van der Waals surface area contributed by atoms with Gasteiger partial charge in [0.05, 0.1) is 19.2 Å². The van der Waals surface area contributed by atoms with E-state index in [1.165, 1.54) is 0 Å². The maximum atomic E-state index is 9.25. The molecule has 0 spiro atoms. The Morgan fingerprint density at radius 2 is 1.09 bits per heavy atom. The maximum absolute atomic E-state index is 9.25. The molecule has 9 rings (SSSR count). The van der Waals surface area contributed by atoms with E-state index in [9.17, 15) is 1.37 Å². The lowest BCUT2D eigenvalue weighted by Crippen LogP contribution is -1.91. The molecule has 1 heteroatoms. The summed E-state index contributed by atoms with van der Waals surface area (Å²) >= 11 is 0. The topological polar surface area (TPSA) is 13.1 Å². The molecule has 200 valence electrons. The Balaban J connectivity index is 1.38. The van der Waals surface area contributed by atoms with Gasteiger partial charge in [-0.15, -0.1) is 0 Å². The van der Waals surface area contributed by atoms with E-state index in [4.69, 9.17) is 22.2 Å². The SMILES string of the molecule is [2H]c1c([2H])c([2H])c2c(oc3c(-c4c5ccccc5c(-c5cccc(-c6c([2H])c([2H])c7c([2H])c([2H])c([2H])c([2H])c7c6[2H])c5)c5ccccc45)c([2H])c([2H])c([2H])c32)c1[2H]. The lowest BCUT2D eigenvalue weighted by molar-refractivity contribution is 0.670. The average Bonchev–Trinajstić information content (AvgIpc) is 3.61. The molecule has 0 amide bonds. The fourth-order valence-electron chi connectivity index (χ4n) is 5.97. The third-order valence-electron chi connectivity index (χ3n) is 7.81. The van der Waals surface area contributed by atoms with Crippen molar-refractivity contribution in [1.82, 2.24) is 0 Å². The minimum Gasteiger partial charge on any atom is -0.455 e. The molecule has 1 heterocycles. The second-order valence-corrected chi connectivity index (χ2v) is 10.2. The zero-order valence-electron chi connectivity index (χ0n) is 36.3. The predicted octanol–water partition coefficient (Wildman–Crippen LogP) is 12.0. The first-order valence-electron chi connectivity index (χ1n) is 20.6. The van der Waals surface area contributed by atoms with E-state index >= 15 is 0 Å². The first kappa shape index (κ1) is 14.0. The number of hydrogen-bond donors (Lipinski definition) is 0. The summed E-state index contributed by atoms with van der Waals surface area (Å²) < 4.78 is 127. The second kappa shape index (κ2) is 9.44. The van der Waals surface area contributed by atoms with Crippen molar-refractivity contribution in [1.29, 1.82) is 0 Å². The van der Waals surface area contributed by atoms with Crippen LogP contribution < -0.4 is 0 Å². The summed E-state index contributed by atoms with van der Waals surface area (Å²) in [6, 6.07) is 15.7. The van der Waals surface area contributed by atoms with E-state index in [0.29, 0.717) is 38.2 Å². The van der Waals surface area contributed by atoms with Crippen LogP contribution in [-0.4, -0.2) is 0 Å². The highest BCUT2D eigenvalue weighted by atomic mass is 16.3. The Kier molecular flexibility index (Phi) is 3.07. The smallest absolute Gasteiger partial charge is 0.143 e. The first-order chi connectivity index (χ1) is 27.2. The van der Waals surface area contributed by atoms with E-state index in [2.05, 4.69) is 0 Å². The maximum Gasteiger partial charge on any atom is 0.143 e. The molecular weight excluding hydrogens is 520 g/mol. The van der Waals surface area contributed by atoms with Gasteiger partial charge in [-0.3, -0.25) is 0 Å². The Labute approximate surface area is 268 Å². The molecule has 1 aromatic heterocycles. The molecule has 0 unspecified atom stereocenters. The molecule has 43 heavy (non-hydrogen) atoms. The molecule has 0 saturated carbocycles. The molecule has 8 aromatic carbocycles. The molecule has 0 N–H and O–H groups in total. The number of benzene rings is 8. The van der Waals surface area contributed by atoms with Crippen LogP contribution in [0.2, 0.25) is 0 Å². The van der Waals surface area contributed by atoms with Gasteiger partial charge in [0.1, 0.15) is 11.2 Å². The molecular formula is C42H26O. The minimum absolute atomic E-state index is 0.00402. The molecule has 0 atom stereocenters. The molecule has 0 bridgehead atoms. The van der Waals surface area contributed by atoms with E-state index in [0.717, 1.165) is 5.56 Å². The third-order valence-corrected chi connectivity index (χ3v) is 7.81. The standard InChI is InChI=1S/C42H26O/c1-2-12-28-25-30(24-23-27(28)11-1)29-13-9-14-31(26-29)40-33-16-3-5-18-35(33)41(36-19-6-4-17-34(36)40)38-21-10-20-37-32-15-7-8-22-39(32)43-42(37)38/h1-26H/i1D,2D,7D,8D,10D,11D,12D,15D,20D,21D,22D,23D,24D,25D. The fourth-order valence-corrected chi connectivity index (χ4v) is 5.97. The Hall–Kier alpha value is -5.66. The molecule has 9 aromatic rings. The number of furan rings is 1. The van der Waals surface area contributed by atoms with Crippen molar-refractivity contribution in [3.05, 3.63) is 157 Å². The summed E-state index contributed by atoms with van der Waals surface area (Å²) in [6.07, 6.45) is 0. The van der Waals surface area contributed by atoms with Gasteiger partial charge < -0.3 is 4.42 Å². The minimum atomic E-state index is -0.545. The van der Waals surface area contributed by atoms with Crippen LogP contribution in [0.1, 0.15) is 19.2 Å². The van der Waals surface area contributed by atoms with Crippen LogP contribution in [0, 0.1) is 0 Å². The lowest BCUT2D eigenvalue weighted by atomic mass is 9.85. The average molecular weight is 561 g/mol. The van der Waals surface area contributed by atoms with Gasteiger partial charge in [0, 0.05) is 21.9 Å². The van der Waals surface area contributed by atoms with Crippen LogP contribution in [0.5, 0.6) is 0 Å². The monoisotopic (exact) mass is 560 g/mol. The van der Waals surface area contributed by atoms with Crippen LogP contribution in [0.25, 0.3) is 87.6 Å². The highest BCUT2D eigenvalue weighted by Crippen LogP contribution is 2.46. The van der Waals surface area contributed by atoms with Crippen molar-refractivity contribution in [2.45, 2.75) is 0 Å². The van der Waals surface area contributed by atoms with Gasteiger partial charge in [0.15, 0.2) is 0 Å². The summed E-state index contributed by atoms with van der Waals surface area (Å²) in [5, 5.41) is 2.27. The Morgan fingerprint density at radius 3 is 1.88 bits per heavy atom. The van der Waals surface area contributed by atoms with Crippen LogP contribution in [-0.2, 0) is 0 Å². The van der Waals surface area contributed by atoms with E-state index in [1.807, 2.05) is 54.6 Å². The van der Waals surface area contributed by atoms with Crippen LogP contribution >= 0.6 is 0 Å². The van der Waals surface area contributed by atoms with Gasteiger partial charge in [-0.05, 0) is 72.7 Å². The van der Waals surface area contributed by atoms with E-state index in [1.54, 1.807) is 18.2 Å². The van der Waals surface area contributed by atoms with Crippen molar-refractivity contribution in [3.63, 3.8) is 0 Å². The molecule has 0 saturated heterocycles. The normalized spacial score (nSPS) is 16.3. The largest absolute Gasteiger partial charge is 0.455 e. The van der Waals surface area contributed by atoms with Gasteiger partial charge in [-0.1, -0.05) is 139 Å². The molecule has 0 aliphatic carbocycles. The number of para-hydroxylation sites is 2. The quantitative estimate of drug-likeness (QED) is 0.196. The highest BCUT2D eigenvalue weighted by Gasteiger charge is 2.20. The van der Waals surface area contributed by atoms with Gasteiger partial charge in [-0.25, -0.2) is 0 Å². The summed E-state index contributed by atoms with van der Waals surface area (Å²) in [6.45, 7) is 0. The highest BCUT2D eigenvalue weighted by molar-refractivity contribution is 6.24. The molecule has 1 nitrogen and oxygen atoms in total. The van der Waals surface area contributed by atoms with Gasteiger partial charge in [0.25, 0.3) is 0 Å². The molecule has 0 aliphatic rings. The van der Waals surface area contributed by atoms with Crippen molar-refractivity contribution >= 4 is 54.3 Å². The zero-order chi connectivity index (χ0) is 40.5. The first-order valence-corrected chi connectivity index (χ1v) is 13.6. The van der Waals surface area contributed by atoms with Crippen molar-refractivity contribution in [2.24, 2.45) is 0 Å². The third kappa shape index (κ3) is 3.72. The van der Waals surface area contributed by atoms with Crippen molar-refractivity contribution in [3.8, 4) is 33.4 Å². The van der Waals surface area contributed by atoms with E-state index in [-0.39, 0.29) is 62.0 Å². The Bertz CT molecular complexity index is 3240. The van der Waals surface area contributed by atoms with Crippen LogP contribution in [0.15, 0.2) is 162 Å². The summed E-state index contributed by atoms with van der Waals surface area (Å²) in [4.78, 5) is 0. The van der Waals surface area contributed by atoms with Crippen molar-refractivity contribution in [2.75, 3.05) is 0 Å². The summed E-state index contributed by atoms with van der Waals surface area (Å²) in [5.41, 5.74) is 2.23. The zero-order valence-corrected chi connectivity index (χ0v) is 22.3. The van der Waals surface area contributed by atoms with Gasteiger partial charge >= 0.3 is 0 Å². The van der Waals surface area contributed by atoms with Gasteiger partial charge in [0.2, 0.25) is 0 Å². The summed E-state index contributed by atoms with van der Waals surface area (Å²) in [7, 11) is 0. The fraction of sp³-hybridized carbons (Fsp3) is 0. The number of rotatable bonds is 3. The Morgan fingerprint density at radius 1 is 0.442 bits per heavy atom. The number of fused-ring (bicyclic) bond motifs is 6. The predicted molar refractivity (Wildman–Crippen MR) is 183 cm³/mol. The molecule has 0 radical (unpaired) electrons.